The van der Waals surface area contributed by atoms with Crippen molar-refractivity contribution >= 4 is 17.4 Å². The number of ether oxygens (including phenoxy) is 2. The number of anilines is 1. The molecule has 194 valence electrons. The predicted octanol–water partition coefficient (Wildman–Crippen LogP) is 3.93. The predicted molar refractivity (Wildman–Crippen MR) is 139 cm³/mol. The molecule has 0 radical (unpaired) electrons. The van der Waals surface area contributed by atoms with Crippen molar-refractivity contribution in [2.45, 2.75) is 51.0 Å². The summed E-state index contributed by atoms with van der Waals surface area (Å²) in [4.78, 5) is 17.1. The molecule has 0 unspecified atom stereocenters. The van der Waals surface area contributed by atoms with Crippen molar-refractivity contribution in [3.05, 3.63) is 59.7 Å². The average Bonchev–Trinajstić information content (AvgIpc) is 3.55. The molecule has 0 saturated heterocycles. The smallest absolute Gasteiger partial charge is 0.335 e. The lowest BCUT2D eigenvalue weighted by molar-refractivity contribution is -0.173. The van der Waals surface area contributed by atoms with Crippen LogP contribution in [-0.2, 0) is 14.3 Å². The number of carboxylic acids is 1. The van der Waals surface area contributed by atoms with Crippen molar-refractivity contribution in [1.29, 1.82) is 0 Å². The molecule has 0 amide bonds. The molecule has 3 N–H and O–H groups in total. The first-order chi connectivity index (χ1) is 17.8. The summed E-state index contributed by atoms with van der Waals surface area (Å²) in [6, 6.07) is 8.16. The summed E-state index contributed by atoms with van der Waals surface area (Å²) in [5, 5.41) is 18.9. The third kappa shape index (κ3) is 4.58. The number of carbonyl (C=O) groups is 1. The summed E-state index contributed by atoms with van der Waals surface area (Å²) in [6.07, 6.45) is 7.59. The fraction of sp³-hybridized carbons (Fsp3) is 0.407. The van der Waals surface area contributed by atoms with Crippen LogP contribution in [0.15, 0.2) is 42.9 Å². The van der Waals surface area contributed by atoms with Crippen molar-refractivity contribution < 1.29 is 19.4 Å². The number of methoxy groups -OCH3 is 1. The lowest BCUT2D eigenvalue weighted by Gasteiger charge is -2.37. The highest BCUT2D eigenvalue weighted by Crippen LogP contribution is 2.42. The Morgan fingerprint density at radius 2 is 1.86 bits per heavy atom. The summed E-state index contributed by atoms with van der Waals surface area (Å²) in [7, 11) is 1.57. The van der Waals surface area contributed by atoms with Crippen LogP contribution >= 0.6 is 0 Å². The Morgan fingerprint density at radius 1 is 1.14 bits per heavy atom. The normalized spacial score (nSPS) is 19.9. The largest absolute Gasteiger partial charge is 0.479 e. The van der Waals surface area contributed by atoms with E-state index < -0.39 is 11.6 Å². The van der Waals surface area contributed by atoms with Gasteiger partial charge in [0, 0.05) is 35.9 Å². The summed E-state index contributed by atoms with van der Waals surface area (Å²) < 4.78 is 14.3. The molecule has 1 aliphatic carbocycles. The van der Waals surface area contributed by atoms with Crippen LogP contribution in [0.3, 0.4) is 0 Å². The SMILES string of the molecule is COCCO[C@]1(C(=O)O)CC[C@@H](c2nc3c(-c4cnn(-c5ccc(C)cc5)c4)cnn3c(N)c2C)CC1. The van der Waals surface area contributed by atoms with Crippen molar-refractivity contribution in [2.24, 2.45) is 0 Å². The number of fused-ring (bicyclic) bond motifs is 1. The van der Waals surface area contributed by atoms with E-state index in [1.807, 2.05) is 29.9 Å². The number of nitrogens with zero attached hydrogens (tertiary/aromatic N) is 5. The maximum absolute atomic E-state index is 12.1. The van der Waals surface area contributed by atoms with Gasteiger partial charge in [-0.05, 0) is 51.7 Å². The van der Waals surface area contributed by atoms with E-state index in [9.17, 15) is 9.90 Å². The number of nitrogen functional groups attached to an aromatic ring is 1. The molecular formula is C27H32N6O4. The Morgan fingerprint density at radius 3 is 2.54 bits per heavy atom. The number of hydrogen-bond donors (Lipinski definition) is 2. The number of hydrogen-bond acceptors (Lipinski definition) is 7. The van der Waals surface area contributed by atoms with Gasteiger partial charge in [-0.2, -0.15) is 14.7 Å². The molecule has 1 fully saturated rings. The minimum Gasteiger partial charge on any atom is -0.479 e. The number of rotatable bonds is 8. The lowest BCUT2D eigenvalue weighted by Crippen LogP contribution is -2.45. The Hall–Kier alpha value is -3.76. The van der Waals surface area contributed by atoms with Gasteiger partial charge in [0.1, 0.15) is 5.82 Å². The third-order valence-electron chi connectivity index (χ3n) is 7.39. The lowest BCUT2D eigenvalue weighted by atomic mass is 9.76. The number of carboxylic acid groups (broad SMARTS) is 1. The zero-order valence-corrected chi connectivity index (χ0v) is 21.3. The Kier molecular flexibility index (Phi) is 6.70. The molecule has 3 heterocycles. The van der Waals surface area contributed by atoms with E-state index >= 15 is 0 Å². The Labute approximate surface area is 215 Å². The molecule has 0 bridgehead atoms. The highest BCUT2D eigenvalue weighted by Gasteiger charge is 2.44. The molecule has 1 aliphatic rings. The number of nitrogens with two attached hydrogens (primary N) is 1. The van der Waals surface area contributed by atoms with Gasteiger partial charge in [-0.1, -0.05) is 17.7 Å². The van der Waals surface area contributed by atoms with Crippen LogP contribution in [0.1, 0.15) is 48.4 Å². The van der Waals surface area contributed by atoms with Crippen molar-refractivity contribution in [2.75, 3.05) is 26.1 Å². The quantitative estimate of drug-likeness (QED) is 0.345. The van der Waals surface area contributed by atoms with Gasteiger partial charge in [0.15, 0.2) is 11.2 Å². The molecule has 1 aromatic carbocycles. The Balaban J connectivity index is 1.44. The van der Waals surface area contributed by atoms with Crippen LogP contribution in [-0.4, -0.2) is 61.4 Å². The second-order valence-corrected chi connectivity index (χ2v) is 9.73. The monoisotopic (exact) mass is 504 g/mol. The maximum Gasteiger partial charge on any atom is 0.335 e. The molecule has 10 nitrogen and oxygen atoms in total. The number of aryl methyl sites for hydroxylation is 1. The van der Waals surface area contributed by atoms with E-state index in [1.165, 1.54) is 5.56 Å². The average molecular weight is 505 g/mol. The third-order valence-corrected chi connectivity index (χ3v) is 7.39. The molecule has 0 atom stereocenters. The Bertz CT molecular complexity index is 1420. The van der Waals surface area contributed by atoms with E-state index in [4.69, 9.17) is 20.2 Å². The van der Waals surface area contributed by atoms with Gasteiger partial charge in [-0.3, -0.25) is 0 Å². The highest BCUT2D eigenvalue weighted by atomic mass is 16.5. The first-order valence-electron chi connectivity index (χ1n) is 12.4. The fourth-order valence-electron chi connectivity index (χ4n) is 5.11. The minimum atomic E-state index is -1.19. The number of benzene rings is 1. The van der Waals surface area contributed by atoms with Crippen LogP contribution in [0.5, 0.6) is 0 Å². The van der Waals surface area contributed by atoms with Crippen LogP contribution in [0, 0.1) is 13.8 Å². The molecule has 4 aromatic rings. The fourth-order valence-corrected chi connectivity index (χ4v) is 5.11. The molecule has 1 saturated carbocycles. The van der Waals surface area contributed by atoms with Crippen LogP contribution in [0.2, 0.25) is 0 Å². The van der Waals surface area contributed by atoms with Gasteiger partial charge in [-0.15, -0.1) is 0 Å². The van der Waals surface area contributed by atoms with Gasteiger partial charge in [0.05, 0.1) is 37.0 Å². The van der Waals surface area contributed by atoms with E-state index in [0.717, 1.165) is 28.1 Å². The first kappa shape index (κ1) is 24.9. The topological polar surface area (TPSA) is 130 Å². The van der Waals surface area contributed by atoms with Gasteiger partial charge in [0.2, 0.25) is 0 Å². The molecule has 3 aromatic heterocycles. The molecule has 37 heavy (non-hydrogen) atoms. The molecule has 0 aliphatic heterocycles. The van der Waals surface area contributed by atoms with Gasteiger partial charge in [0.25, 0.3) is 0 Å². The molecule has 5 rings (SSSR count). The molecule has 10 heteroatoms. The second-order valence-electron chi connectivity index (χ2n) is 9.73. The summed E-state index contributed by atoms with van der Waals surface area (Å²) in [5.41, 5.74) is 11.6. The van der Waals surface area contributed by atoms with E-state index in [1.54, 1.807) is 24.0 Å². The van der Waals surface area contributed by atoms with Crippen molar-refractivity contribution in [3.63, 3.8) is 0 Å². The van der Waals surface area contributed by atoms with Crippen LogP contribution in [0.4, 0.5) is 5.82 Å². The van der Waals surface area contributed by atoms with Crippen molar-refractivity contribution in [1.82, 2.24) is 24.4 Å². The first-order valence-corrected chi connectivity index (χ1v) is 12.4. The minimum absolute atomic E-state index is 0.0730. The maximum atomic E-state index is 12.1. The summed E-state index contributed by atoms with van der Waals surface area (Å²) in [6.45, 7) is 4.60. The van der Waals surface area contributed by atoms with E-state index in [-0.39, 0.29) is 12.5 Å². The van der Waals surface area contributed by atoms with Gasteiger partial charge < -0.3 is 20.3 Å². The molecule has 0 spiro atoms. The van der Waals surface area contributed by atoms with Crippen LogP contribution in [0.25, 0.3) is 22.5 Å². The second kappa shape index (κ2) is 9.95. The van der Waals surface area contributed by atoms with Crippen molar-refractivity contribution in [3.8, 4) is 16.8 Å². The standard InChI is InChI=1S/C27H32N6O4/c1-17-4-6-21(7-5-17)32-16-20(14-29-32)22-15-30-33-24(28)18(2)23(31-25(22)33)19-8-10-27(11-9-19,26(34)35)37-13-12-36-3/h4-7,14-16,19H,8-13,28H2,1-3H3,(H,34,35)/t19-,27-. The zero-order chi connectivity index (χ0) is 26.2. The van der Waals surface area contributed by atoms with Gasteiger partial charge in [-0.25, -0.2) is 14.5 Å². The van der Waals surface area contributed by atoms with Crippen LogP contribution < -0.4 is 5.73 Å². The summed E-state index contributed by atoms with van der Waals surface area (Å²) in [5.74, 6) is -0.321. The number of aromatic nitrogens is 5. The number of aliphatic carboxylic acids is 1. The highest BCUT2D eigenvalue weighted by molar-refractivity contribution is 5.79. The zero-order valence-electron chi connectivity index (χ0n) is 21.3. The van der Waals surface area contributed by atoms with E-state index in [0.29, 0.717) is 43.8 Å². The van der Waals surface area contributed by atoms with E-state index in [2.05, 4.69) is 29.3 Å². The van der Waals surface area contributed by atoms with Gasteiger partial charge >= 0.3 is 5.97 Å². The summed E-state index contributed by atoms with van der Waals surface area (Å²) >= 11 is 0. The molecular weight excluding hydrogens is 472 g/mol.